The number of esters is 1. The van der Waals surface area contributed by atoms with Gasteiger partial charge in [0.1, 0.15) is 5.75 Å². The van der Waals surface area contributed by atoms with E-state index in [9.17, 15) is 13.2 Å². The first-order valence-corrected chi connectivity index (χ1v) is 9.71. The highest BCUT2D eigenvalue weighted by atomic mass is 32.2. The Hall–Kier alpha value is -2.18. The van der Waals surface area contributed by atoms with E-state index in [1.165, 1.54) is 28.6 Å². The molecule has 6 heteroatoms. The molecule has 0 N–H and O–H groups in total. The minimum absolute atomic E-state index is 0.206. The summed E-state index contributed by atoms with van der Waals surface area (Å²) in [5, 5.41) is 0. The molecule has 0 bridgehead atoms. The summed E-state index contributed by atoms with van der Waals surface area (Å²) in [4.78, 5) is 12.5. The number of aryl methyl sites for hydroxylation is 2. The van der Waals surface area contributed by atoms with Crippen molar-refractivity contribution >= 4 is 16.0 Å². The average molecular weight is 359 g/mol. The van der Waals surface area contributed by atoms with Crippen LogP contribution in [0.25, 0.3) is 0 Å². The molecule has 0 atom stereocenters. The van der Waals surface area contributed by atoms with Crippen molar-refractivity contribution in [3.05, 3.63) is 59.2 Å². The van der Waals surface area contributed by atoms with Crippen LogP contribution in [0.15, 0.2) is 47.4 Å². The summed E-state index contributed by atoms with van der Waals surface area (Å²) < 4.78 is 31.8. The van der Waals surface area contributed by atoms with E-state index in [1.54, 1.807) is 12.1 Å². The summed E-state index contributed by atoms with van der Waals surface area (Å²) in [6.45, 7) is 5.04. The summed E-state index contributed by atoms with van der Waals surface area (Å²) in [5.74, 6) is -0.0322. The molecule has 0 aliphatic carbocycles. The number of hydrogen-bond donors (Lipinski definition) is 0. The van der Waals surface area contributed by atoms with Gasteiger partial charge in [-0.1, -0.05) is 6.07 Å². The normalized spacial score (nSPS) is 15.3. The molecule has 0 aromatic heterocycles. The van der Waals surface area contributed by atoms with Crippen LogP contribution in [0.3, 0.4) is 0 Å². The number of carbonyl (C=O) groups is 1. The lowest BCUT2D eigenvalue weighted by Crippen LogP contribution is -2.27. The molecule has 0 amide bonds. The van der Waals surface area contributed by atoms with Gasteiger partial charge in [0.05, 0.1) is 10.5 Å². The largest absolute Gasteiger partial charge is 0.423 e. The van der Waals surface area contributed by atoms with E-state index in [1.807, 2.05) is 19.9 Å². The first kappa shape index (κ1) is 17.6. The van der Waals surface area contributed by atoms with E-state index in [0.717, 1.165) is 24.0 Å². The van der Waals surface area contributed by atoms with Crippen LogP contribution >= 0.6 is 0 Å². The highest BCUT2D eigenvalue weighted by molar-refractivity contribution is 7.89. The number of hydrogen-bond acceptors (Lipinski definition) is 4. The molecule has 1 heterocycles. The van der Waals surface area contributed by atoms with Crippen LogP contribution in [0.1, 0.15) is 34.3 Å². The standard InChI is InChI=1S/C19H21NO4S/c1-14-5-8-17(13-15(14)2)24-19(21)16-6-9-18(10-7-16)25(22,23)20-11-3-4-12-20/h5-10,13H,3-4,11-12H2,1-2H3. The Kier molecular flexibility index (Phi) is 4.92. The predicted octanol–water partition coefficient (Wildman–Crippen LogP) is 3.31. The molecular weight excluding hydrogens is 338 g/mol. The quantitative estimate of drug-likeness (QED) is 0.621. The topological polar surface area (TPSA) is 63.7 Å². The monoisotopic (exact) mass is 359 g/mol. The Morgan fingerprint density at radius 2 is 1.60 bits per heavy atom. The fourth-order valence-electron chi connectivity index (χ4n) is 2.78. The number of benzene rings is 2. The van der Waals surface area contributed by atoms with E-state index in [4.69, 9.17) is 4.74 Å². The Morgan fingerprint density at radius 1 is 0.960 bits per heavy atom. The molecule has 1 aliphatic heterocycles. The van der Waals surface area contributed by atoms with E-state index < -0.39 is 16.0 Å². The van der Waals surface area contributed by atoms with E-state index in [-0.39, 0.29) is 4.90 Å². The number of nitrogens with zero attached hydrogens (tertiary/aromatic N) is 1. The first-order chi connectivity index (χ1) is 11.9. The summed E-state index contributed by atoms with van der Waals surface area (Å²) in [6.07, 6.45) is 1.78. The second-order valence-electron chi connectivity index (χ2n) is 6.27. The van der Waals surface area contributed by atoms with Gasteiger partial charge in [0.15, 0.2) is 0 Å². The van der Waals surface area contributed by atoms with Gasteiger partial charge in [-0.15, -0.1) is 0 Å². The molecule has 1 aliphatic rings. The molecule has 0 saturated carbocycles. The van der Waals surface area contributed by atoms with Crippen molar-refractivity contribution in [3.63, 3.8) is 0 Å². The third-order valence-corrected chi connectivity index (χ3v) is 6.39. The van der Waals surface area contributed by atoms with Gasteiger partial charge in [-0.3, -0.25) is 0 Å². The summed E-state index contributed by atoms with van der Waals surface area (Å²) in [7, 11) is -3.47. The molecule has 0 radical (unpaired) electrons. The van der Waals surface area contributed by atoms with Gasteiger partial charge in [-0.2, -0.15) is 4.31 Å². The molecule has 3 rings (SSSR count). The van der Waals surface area contributed by atoms with Crippen LogP contribution in [0, 0.1) is 13.8 Å². The number of ether oxygens (including phenoxy) is 1. The van der Waals surface area contributed by atoms with Crippen molar-refractivity contribution in [1.29, 1.82) is 0 Å². The molecule has 25 heavy (non-hydrogen) atoms. The minimum atomic E-state index is -3.47. The van der Waals surface area contributed by atoms with Crippen LogP contribution in [-0.2, 0) is 10.0 Å². The smallest absolute Gasteiger partial charge is 0.343 e. The first-order valence-electron chi connectivity index (χ1n) is 8.27. The van der Waals surface area contributed by atoms with E-state index in [0.29, 0.717) is 24.4 Å². The molecule has 1 fully saturated rings. The minimum Gasteiger partial charge on any atom is -0.423 e. The maximum absolute atomic E-state index is 12.5. The molecule has 5 nitrogen and oxygen atoms in total. The predicted molar refractivity (Wildman–Crippen MR) is 95.3 cm³/mol. The second-order valence-corrected chi connectivity index (χ2v) is 8.21. The molecule has 0 spiro atoms. The van der Waals surface area contributed by atoms with Crippen molar-refractivity contribution in [2.24, 2.45) is 0 Å². The molecule has 1 saturated heterocycles. The zero-order valence-electron chi connectivity index (χ0n) is 14.4. The van der Waals surface area contributed by atoms with Gasteiger partial charge < -0.3 is 4.74 Å². The van der Waals surface area contributed by atoms with Gasteiger partial charge >= 0.3 is 5.97 Å². The van der Waals surface area contributed by atoms with Crippen LogP contribution in [0.4, 0.5) is 0 Å². The van der Waals surface area contributed by atoms with Gasteiger partial charge in [0.25, 0.3) is 0 Å². The number of sulfonamides is 1. The molecule has 0 unspecified atom stereocenters. The molecule has 2 aromatic carbocycles. The fourth-order valence-corrected chi connectivity index (χ4v) is 4.30. The van der Waals surface area contributed by atoms with Crippen molar-refractivity contribution in [3.8, 4) is 5.75 Å². The van der Waals surface area contributed by atoms with Crippen LogP contribution in [0.5, 0.6) is 5.75 Å². The maximum Gasteiger partial charge on any atom is 0.343 e. The van der Waals surface area contributed by atoms with Crippen molar-refractivity contribution < 1.29 is 17.9 Å². The molecule has 2 aromatic rings. The summed E-state index contributed by atoms with van der Waals surface area (Å²) in [5.41, 5.74) is 2.48. The fraction of sp³-hybridized carbons (Fsp3) is 0.316. The van der Waals surface area contributed by atoms with Crippen LogP contribution in [-0.4, -0.2) is 31.8 Å². The molecular formula is C19H21NO4S. The lowest BCUT2D eigenvalue weighted by atomic mass is 10.1. The third-order valence-electron chi connectivity index (χ3n) is 4.48. The number of rotatable bonds is 4. The van der Waals surface area contributed by atoms with Crippen LogP contribution in [0.2, 0.25) is 0 Å². The lowest BCUT2D eigenvalue weighted by molar-refractivity contribution is 0.0734. The van der Waals surface area contributed by atoms with Crippen molar-refractivity contribution in [2.45, 2.75) is 31.6 Å². The summed E-state index contributed by atoms with van der Waals surface area (Å²) >= 11 is 0. The van der Waals surface area contributed by atoms with Gasteiger partial charge in [-0.25, -0.2) is 13.2 Å². The highest BCUT2D eigenvalue weighted by Gasteiger charge is 2.27. The van der Waals surface area contributed by atoms with E-state index in [2.05, 4.69) is 0 Å². The highest BCUT2D eigenvalue weighted by Crippen LogP contribution is 2.22. The SMILES string of the molecule is Cc1ccc(OC(=O)c2ccc(S(=O)(=O)N3CCCC3)cc2)cc1C. The van der Waals surface area contributed by atoms with Gasteiger partial charge in [0, 0.05) is 13.1 Å². The summed E-state index contributed by atoms with van der Waals surface area (Å²) in [6, 6.07) is 11.4. The van der Waals surface area contributed by atoms with Crippen LogP contribution < -0.4 is 4.74 Å². The zero-order chi connectivity index (χ0) is 18.0. The lowest BCUT2D eigenvalue weighted by Gasteiger charge is -2.15. The average Bonchev–Trinajstić information content (AvgIpc) is 3.14. The van der Waals surface area contributed by atoms with Crippen molar-refractivity contribution in [1.82, 2.24) is 4.31 Å². The van der Waals surface area contributed by atoms with Crippen molar-refractivity contribution in [2.75, 3.05) is 13.1 Å². The second kappa shape index (κ2) is 6.98. The van der Waals surface area contributed by atoms with Gasteiger partial charge in [0.2, 0.25) is 10.0 Å². The van der Waals surface area contributed by atoms with Gasteiger partial charge in [-0.05, 0) is 74.2 Å². The third kappa shape index (κ3) is 3.75. The molecule has 132 valence electrons. The zero-order valence-corrected chi connectivity index (χ0v) is 15.2. The number of carbonyl (C=O) groups excluding carboxylic acids is 1. The van der Waals surface area contributed by atoms with E-state index >= 15 is 0 Å². The maximum atomic E-state index is 12.5. The Balaban J connectivity index is 1.75. The Labute approximate surface area is 148 Å². The Bertz CT molecular complexity index is 882. The Morgan fingerprint density at radius 3 is 2.20 bits per heavy atom.